The summed E-state index contributed by atoms with van der Waals surface area (Å²) in [5, 5.41) is 0.495. The summed E-state index contributed by atoms with van der Waals surface area (Å²) in [6.45, 7) is 0. The van der Waals surface area contributed by atoms with Crippen molar-refractivity contribution in [2.24, 2.45) is 0 Å². The van der Waals surface area contributed by atoms with Crippen molar-refractivity contribution in [1.29, 1.82) is 0 Å². The second kappa shape index (κ2) is 9.34. The summed E-state index contributed by atoms with van der Waals surface area (Å²) >= 11 is 1.98. The van der Waals surface area contributed by atoms with Crippen molar-refractivity contribution in [2.75, 3.05) is 0 Å². The van der Waals surface area contributed by atoms with E-state index in [4.69, 9.17) is 9.97 Å². The van der Waals surface area contributed by atoms with Gasteiger partial charge in [0, 0.05) is 32.8 Å². The third kappa shape index (κ3) is 4.12. The number of aromatic nitrogens is 2. The number of rotatable bonds is 4. The molecule has 176 valence electrons. The molecule has 2 heterocycles. The zero-order chi connectivity index (χ0) is 24.6. The first-order chi connectivity index (χ1) is 18.3. The molecule has 0 fully saturated rings. The van der Waals surface area contributed by atoms with Crippen LogP contribution in [0.3, 0.4) is 0 Å². The van der Waals surface area contributed by atoms with E-state index in [2.05, 4.69) is 97.1 Å². The molecule has 0 N–H and O–H groups in total. The van der Waals surface area contributed by atoms with E-state index < -0.39 is 0 Å². The van der Waals surface area contributed by atoms with E-state index >= 15 is 0 Å². The summed E-state index contributed by atoms with van der Waals surface area (Å²) in [4.78, 5) is 11.3. The molecular formula is C34H24N2S. The van der Waals surface area contributed by atoms with Gasteiger partial charge in [0.1, 0.15) is 0 Å². The minimum Gasteiger partial charge on any atom is -0.228 e. The minimum atomic E-state index is 0.470. The maximum absolute atomic E-state index is 4.98. The van der Waals surface area contributed by atoms with Crippen molar-refractivity contribution < 1.29 is 0 Å². The van der Waals surface area contributed by atoms with Crippen molar-refractivity contribution in [3.8, 4) is 45.0 Å². The van der Waals surface area contributed by atoms with E-state index in [1.165, 1.54) is 21.6 Å². The average molecular weight is 493 g/mol. The van der Waals surface area contributed by atoms with E-state index in [1.807, 2.05) is 48.2 Å². The Morgan fingerprint density at radius 2 is 1.16 bits per heavy atom. The standard InChI is InChI=1S/C34H24N2S/c1-3-10-24(11-4-1)30-22-31(36-34(35-30)26-12-5-2-6-13-26)25-20-18-23(19-21-25)27-15-9-16-29-28-14-7-8-17-32(28)37-33(27)29/h1-22,28,32H. The summed E-state index contributed by atoms with van der Waals surface area (Å²) in [6.07, 6.45) is 9.00. The number of allylic oxidation sites excluding steroid dienone is 3. The number of nitrogens with zero attached hydrogens (tertiary/aromatic N) is 2. The first-order valence-electron chi connectivity index (χ1n) is 12.6. The fraction of sp³-hybridized carbons (Fsp3) is 0.0588. The highest BCUT2D eigenvalue weighted by atomic mass is 32.2. The lowest BCUT2D eigenvalue weighted by atomic mass is 9.90. The summed E-state index contributed by atoms with van der Waals surface area (Å²) in [5.74, 6) is 1.21. The molecule has 1 aliphatic heterocycles. The van der Waals surface area contributed by atoms with E-state index in [9.17, 15) is 0 Å². The minimum absolute atomic E-state index is 0.470. The number of fused-ring (bicyclic) bond motifs is 3. The van der Waals surface area contributed by atoms with Crippen LogP contribution in [0.25, 0.3) is 45.0 Å². The van der Waals surface area contributed by atoms with Crippen LogP contribution in [-0.4, -0.2) is 15.2 Å². The lowest BCUT2D eigenvalue weighted by Crippen LogP contribution is -2.06. The summed E-state index contributed by atoms with van der Waals surface area (Å²) in [7, 11) is 0. The molecule has 3 heteroatoms. The van der Waals surface area contributed by atoms with Gasteiger partial charge in [-0.25, -0.2) is 9.97 Å². The monoisotopic (exact) mass is 492 g/mol. The van der Waals surface area contributed by atoms with Gasteiger partial charge in [0.2, 0.25) is 0 Å². The number of hydrogen-bond acceptors (Lipinski definition) is 3. The second-order valence-corrected chi connectivity index (χ2v) is 10.6. The van der Waals surface area contributed by atoms with Crippen LogP contribution >= 0.6 is 11.8 Å². The molecule has 1 aliphatic carbocycles. The van der Waals surface area contributed by atoms with Gasteiger partial charge in [-0.2, -0.15) is 0 Å². The van der Waals surface area contributed by atoms with Crippen molar-refractivity contribution in [3.05, 3.63) is 139 Å². The van der Waals surface area contributed by atoms with Crippen LogP contribution in [0.5, 0.6) is 0 Å². The molecule has 1 aromatic heterocycles. The van der Waals surface area contributed by atoms with E-state index in [1.54, 1.807) is 0 Å². The lowest BCUT2D eigenvalue weighted by molar-refractivity contribution is 0.881. The van der Waals surface area contributed by atoms with Gasteiger partial charge in [-0.1, -0.05) is 127 Å². The normalized spacial score (nSPS) is 17.4. The van der Waals surface area contributed by atoms with Gasteiger partial charge in [0.15, 0.2) is 5.82 Å². The van der Waals surface area contributed by atoms with Gasteiger partial charge < -0.3 is 0 Å². The molecule has 0 saturated carbocycles. The predicted molar refractivity (Wildman–Crippen MR) is 154 cm³/mol. The van der Waals surface area contributed by atoms with Gasteiger partial charge in [-0.3, -0.25) is 0 Å². The Balaban J connectivity index is 1.28. The average Bonchev–Trinajstić information content (AvgIpc) is 3.37. The second-order valence-electron chi connectivity index (χ2n) is 9.37. The molecule has 5 aromatic rings. The Kier molecular flexibility index (Phi) is 5.56. The van der Waals surface area contributed by atoms with Crippen LogP contribution < -0.4 is 0 Å². The lowest BCUT2D eigenvalue weighted by Gasteiger charge is -2.14. The number of benzene rings is 4. The highest BCUT2D eigenvalue weighted by Crippen LogP contribution is 2.51. The van der Waals surface area contributed by atoms with E-state index in [0.717, 1.165) is 33.9 Å². The fourth-order valence-electron chi connectivity index (χ4n) is 5.18. The molecule has 2 atom stereocenters. The van der Waals surface area contributed by atoms with Crippen molar-refractivity contribution in [3.63, 3.8) is 0 Å². The summed E-state index contributed by atoms with van der Waals surface area (Å²) < 4.78 is 0. The summed E-state index contributed by atoms with van der Waals surface area (Å²) in [6, 6.07) is 38.2. The molecule has 37 heavy (non-hydrogen) atoms. The number of thioether (sulfide) groups is 1. The molecule has 2 unspecified atom stereocenters. The zero-order valence-corrected chi connectivity index (χ0v) is 21.0. The van der Waals surface area contributed by atoms with Crippen LogP contribution in [0.1, 0.15) is 11.5 Å². The van der Waals surface area contributed by atoms with Gasteiger partial charge in [-0.15, -0.1) is 11.8 Å². The topological polar surface area (TPSA) is 25.8 Å². The fourth-order valence-corrected chi connectivity index (χ4v) is 6.66. The predicted octanol–water partition coefficient (Wildman–Crippen LogP) is 8.83. The van der Waals surface area contributed by atoms with Crippen LogP contribution in [0.4, 0.5) is 0 Å². The first kappa shape index (κ1) is 22.0. The van der Waals surface area contributed by atoms with Crippen molar-refractivity contribution in [2.45, 2.75) is 16.1 Å². The highest BCUT2D eigenvalue weighted by molar-refractivity contribution is 8.00. The molecule has 4 aromatic carbocycles. The van der Waals surface area contributed by atoms with Gasteiger partial charge in [0.05, 0.1) is 11.4 Å². The summed E-state index contributed by atoms with van der Waals surface area (Å²) in [5.41, 5.74) is 9.01. The van der Waals surface area contributed by atoms with Crippen molar-refractivity contribution in [1.82, 2.24) is 9.97 Å². The Morgan fingerprint density at radius 1 is 0.541 bits per heavy atom. The third-order valence-electron chi connectivity index (χ3n) is 7.06. The molecule has 0 bridgehead atoms. The first-order valence-corrected chi connectivity index (χ1v) is 13.5. The van der Waals surface area contributed by atoms with E-state index in [0.29, 0.717) is 11.2 Å². The molecule has 2 nitrogen and oxygen atoms in total. The largest absolute Gasteiger partial charge is 0.228 e. The SMILES string of the molecule is C1=CC2Sc3c(-c4ccc(-c5cc(-c6ccccc6)nc(-c6ccccc6)n5)cc4)cccc3C2C=C1. The third-order valence-corrected chi connectivity index (χ3v) is 8.48. The maximum atomic E-state index is 4.98. The van der Waals surface area contributed by atoms with Crippen LogP contribution in [-0.2, 0) is 0 Å². The van der Waals surface area contributed by atoms with Crippen molar-refractivity contribution >= 4 is 11.8 Å². The van der Waals surface area contributed by atoms with Gasteiger partial charge >= 0.3 is 0 Å². The molecule has 0 spiro atoms. The quantitative estimate of drug-likeness (QED) is 0.251. The van der Waals surface area contributed by atoms with Gasteiger partial charge in [0.25, 0.3) is 0 Å². The van der Waals surface area contributed by atoms with E-state index in [-0.39, 0.29) is 0 Å². The Bertz CT molecular complexity index is 1580. The Labute approximate surface area is 221 Å². The Hall–Kier alpha value is -4.21. The highest BCUT2D eigenvalue weighted by Gasteiger charge is 2.32. The molecule has 0 saturated heterocycles. The maximum Gasteiger partial charge on any atom is 0.160 e. The molecule has 0 radical (unpaired) electrons. The Morgan fingerprint density at radius 3 is 1.89 bits per heavy atom. The number of hydrogen-bond donors (Lipinski definition) is 0. The molecule has 7 rings (SSSR count). The molecule has 2 aliphatic rings. The molecule has 0 amide bonds. The zero-order valence-electron chi connectivity index (χ0n) is 20.2. The van der Waals surface area contributed by atoms with Crippen LogP contribution in [0.2, 0.25) is 0 Å². The smallest absolute Gasteiger partial charge is 0.160 e. The van der Waals surface area contributed by atoms with Crippen LogP contribution in [0, 0.1) is 0 Å². The van der Waals surface area contributed by atoms with Crippen LogP contribution in [0.15, 0.2) is 138 Å². The molecular weight excluding hydrogens is 468 g/mol. The van der Waals surface area contributed by atoms with Gasteiger partial charge in [-0.05, 0) is 22.8 Å².